The summed E-state index contributed by atoms with van der Waals surface area (Å²) in [4.78, 5) is 11.9. The van der Waals surface area contributed by atoms with Gasteiger partial charge in [-0.1, -0.05) is 0 Å². The van der Waals surface area contributed by atoms with Crippen LogP contribution in [0.3, 0.4) is 0 Å². The number of rotatable bonds is 3. The fourth-order valence-corrected chi connectivity index (χ4v) is 2.66. The maximum absolute atomic E-state index is 13.2. The van der Waals surface area contributed by atoms with Crippen LogP contribution in [0.1, 0.15) is 31.8 Å². The fraction of sp³-hybridized carbons (Fsp3) is 0.538. The van der Waals surface area contributed by atoms with E-state index >= 15 is 0 Å². The Morgan fingerprint density at radius 1 is 1.50 bits per heavy atom. The Labute approximate surface area is 115 Å². The number of nitro benzene ring substituents is 1. The van der Waals surface area contributed by atoms with Gasteiger partial charge in [-0.15, -0.1) is 0 Å². The number of nitro groups is 1. The van der Waals surface area contributed by atoms with Crippen molar-refractivity contribution in [3.8, 4) is 0 Å². The molecule has 1 fully saturated rings. The number of piperidine rings is 1. The molecule has 0 saturated carbocycles. The number of non-ortho nitro benzene ring substituents is 1. The monoisotopic (exact) mass is 285 g/mol. The molecule has 2 N–H and O–H groups in total. The fourth-order valence-electron chi connectivity index (χ4n) is 2.66. The van der Waals surface area contributed by atoms with Crippen molar-refractivity contribution in [2.24, 2.45) is 5.73 Å². The van der Waals surface area contributed by atoms with E-state index in [-0.39, 0.29) is 23.3 Å². The summed E-state index contributed by atoms with van der Waals surface area (Å²) in [6, 6.07) is 3.75. The average Bonchev–Trinajstić information content (AvgIpc) is 2.38. The molecule has 1 saturated heterocycles. The third-order valence-corrected chi connectivity index (χ3v) is 3.68. The first-order chi connectivity index (χ1) is 9.40. The molecule has 2 rings (SSSR count). The van der Waals surface area contributed by atoms with Crippen molar-refractivity contribution in [2.45, 2.75) is 38.3 Å². The molecule has 0 radical (unpaired) electrons. The van der Waals surface area contributed by atoms with E-state index in [2.05, 4.69) is 0 Å². The summed E-state index contributed by atoms with van der Waals surface area (Å²) in [7, 11) is 0. The lowest BCUT2D eigenvalue weighted by Gasteiger charge is -2.39. The molecule has 1 aliphatic heterocycles. The van der Waals surface area contributed by atoms with Crippen LogP contribution in [0, 0.1) is 10.1 Å². The highest BCUT2D eigenvalue weighted by molar-refractivity contribution is 5.59. The van der Waals surface area contributed by atoms with Crippen molar-refractivity contribution < 1.29 is 13.7 Å². The molecule has 0 aromatic heterocycles. The predicted octanol–water partition coefficient (Wildman–Crippen LogP) is 2.85. The number of nitrogens with two attached hydrogens (primary N) is 1. The van der Waals surface area contributed by atoms with Crippen LogP contribution >= 0.6 is 0 Å². The Balaban J connectivity index is 2.38. The SMILES string of the molecule is CC1CC(N)CCN1c1ccc([N+](=O)[O-])cc1C(F)F. The third-order valence-electron chi connectivity index (χ3n) is 3.68. The minimum Gasteiger partial charge on any atom is -0.368 e. The minimum absolute atomic E-state index is 0.0395. The van der Waals surface area contributed by atoms with Gasteiger partial charge in [0.15, 0.2) is 0 Å². The van der Waals surface area contributed by atoms with E-state index in [9.17, 15) is 18.9 Å². The normalized spacial score (nSPS) is 23.1. The number of hydrogen-bond donors (Lipinski definition) is 1. The van der Waals surface area contributed by atoms with E-state index in [0.29, 0.717) is 12.2 Å². The number of nitrogens with zero attached hydrogens (tertiary/aromatic N) is 2. The van der Waals surface area contributed by atoms with Crippen LogP contribution in [0.15, 0.2) is 18.2 Å². The average molecular weight is 285 g/mol. The summed E-state index contributed by atoms with van der Waals surface area (Å²) in [6.45, 7) is 2.51. The Morgan fingerprint density at radius 3 is 2.75 bits per heavy atom. The summed E-state index contributed by atoms with van der Waals surface area (Å²) >= 11 is 0. The first-order valence-electron chi connectivity index (χ1n) is 6.49. The van der Waals surface area contributed by atoms with Crippen molar-refractivity contribution in [1.82, 2.24) is 0 Å². The van der Waals surface area contributed by atoms with E-state index in [1.165, 1.54) is 12.1 Å². The van der Waals surface area contributed by atoms with Crippen molar-refractivity contribution in [2.75, 3.05) is 11.4 Å². The summed E-state index contributed by atoms with van der Waals surface area (Å²) in [5.74, 6) is 0. The summed E-state index contributed by atoms with van der Waals surface area (Å²) in [5, 5.41) is 10.7. The molecule has 2 unspecified atom stereocenters. The van der Waals surface area contributed by atoms with Gasteiger partial charge in [0.1, 0.15) is 0 Å². The Hall–Kier alpha value is -1.76. The highest BCUT2D eigenvalue weighted by Crippen LogP contribution is 2.35. The molecule has 1 aliphatic rings. The molecule has 1 aromatic rings. The van der Waals surface area contributed by atoms with Crippen LogP contribution in [0.2, 0.25) is 0 Å². The number of alkyl halides is 2. The van der Waals surface area contributed by atoms with Gasteiger partial charge in [-0.3, -0.25) is 10.1 Å². The maximum atomic E-state index is 13.2. The standard InChI is InChI=1S/C13H17F2N3O2/c1-8-6-9(16)4-5-17(8)12-3-2-10(18(19)20)7-11(12)13(14)15/h2-3,7-9,13H,4-6,16H2,1H3. The number of benzene rings is 1. The zero-order valence-electron chi connectivity index (χ0n) is 11.1. The first kappa shape index (κ1) is 14.6. The predicted molar refractivity (Wildman–Crippen MR) is 72.1 cm³/mol. The topological polar surface area (TPSA) is 72.4 Å². The molecular formula is C13H17F2N3O2. The lowest BCUT2D eigenvalue weighted by Crippen LogP contribution is -2.46. The summed E-state index contributed by atoms with van der Waals surface area (Å²) < 4.78 is 26.3. The van der Waals surface area contributed by atoms with Gasteiger partial charge in [-0.05, 0) is 25.8 Å². The molecule has 1 aromatic carbocycles. The van der Waals surface area contributed by atoms with E-state index in [0.717, 1.165) is 18.9 Å². The lowest BCUT2D eigenvalue weighted by molar-refractivity contribution is -0.385. The minimum atomic E-state index is -2.74. The number of anilines is 1. The van der Waals surface area contributed by atoms with Crippen molar-refractivity contribution in [1.29, 1.82) is 0 Å². The second-order valence-electron chi connectivity index (χ2n) is 5.13. The number of halogens is 2. The molecule has 0 spiro atoms. The van der Waals surface area contributed by atoms with Crippen LogP contribution in [0.4, 0.5) is 20.2 Å². The van der Waals surface area contributed by atoms with E-state index in [4.69, 9.17) is 5.73 Å². The van der Waals surface area contributed by atoms with Gasteiger partial charge < -0.3 is 10.6 Å². The Bertz CT molecular complexity index is 510. The van der Waals surface area contributed by atoms with Crippen molar-refractivity contribution in [3.05, 3.63) is 33.9 Å². The maximum Gasteiger partial charge on any atom is 0.270 e. The van der Waals surface area contributed by atoms with E-state index in [1.54, 1.807) is 0 Å². The van der Waals surface area contributed by atoms with Gasteiger partial charge in [0, 0.05) is 42.0 Å². The van der Waals surface area contributed by atoms with Crippen LogP contribution in [0.5, 0.6) is 0 Å². The van der Waals surface area contributed by atoms with Gasteiger partial charge >= 0.3 is 0 Å². The third kappa shape index (κ3) is 2.87. The van der Waals surface area contributed by atoms with Gasteiger partial charge in [0.2, 0.25) is 0 Å². The number of hydrogen-bond acceptors (Lipinski definition) is 4. The Kier molecular flexibility index (Phi) is 4.17. The van der Waals surface area contributed by atoms with E-state index in [1.807, 2.05) is 11.8 Å². The molecule has 0 amide bonds. The van der Waals surface area contributed by atoms with Crippen molar-refractivity contribution >= 4 is 11.4 Å². The lowest BCUT2D eigenvalue weighted by atomic mass is 9.97. The molecule has 2 atom stereocenters. The van der Waals surface area contributed by atoms with Gasteiger partial charge in [-0.2, -0.15) is 0 Å². The van der Waals surface area contributed by atoms with Gasteiger partial charge in [-0.25, -0.2) is 8.78 Å². The quantitative estimate of drug-likeness (QED) is 0.684. The second kappa shape index (κ2) is 5.70. The first-order valence-corrected chi connectivity index (χ1v) is 6.49. The molecule has 0 aliphatic carbocycles. The summed E-state index contributed by atoms with van der Waals surface area (Å²) in [6.07, 6.45) is -1.29. The second-order valence-corrected chi connectivity index (χ2v) is 5.13. The smallest absolute Gasteiger partial charge is 0.270 e. The molecule has 110 valence electrons. The molecule has 7 heteroatoms. The summed E-state index contributed by atoms with van der Waals surface area (Å²) in [5.41, 5.74) is 5.62. The van der Waals surface area contributed by atoms with Gasteiger partial charge in [0.25, 0.3) is 12.1 Å². The highest BCUT2D eigenvalue weighted by Gasteiger charge is 2.28. The van der Waals surface area contributed by atoms with Crippen LogP contribution in [-0.4, -0.2) is 23.6 Å². The highest BCUT2D eigenvalue weighted by atomic mass is 19.3. The van der Waals surface area contributed by atoms with E-state index < -0.39 is 11.3 Å². The van der Waals surface area contributed by atoms with Gasteiger partial charge in [0.05, 0.1) is 4.92 Å². The molecule has 20 heavy (non-hydrogen) atoms. The van der Waals surface area contributed by atoms with Crippen LogP contribution < -0.4 is 10.6 Å². The van der Waals surface area contributed by atoms with Crippen molar-refractivity contribution in [3.63, 3.8) is 0 Å². The van der Waals surface area contributed by atoms with Crippen LogP contribution in [-0.2, 0) is 0 Å². The zero-order valence-corrected chi connectivity index (χ0v) is 11.1. The van der Waals surface area contributed by atoms with Crippen LogP contribution in [0.25, 0.3) is 0 Å². The molecule has 5 nitrogen and oxygen atoms in total. The molecule has 0 bridgehead atoms. The zero-order chi connectivity index (χ0) is 14.9. The largest absolute Gasteiger partial charge is 0.368 e. The molecule has 1 heterocycles. The molecular weight excluding hydrogens is 268 g/mol. The Morgan fingerprint density at radius 2 is 2.20 bits per heavy atom.